The zero-order valence-corrected chi connectivity index (χ0v) is 4.66. The van der Waals surface area contributed by atoms with E-state index in [1.165, 1.54) is 12.2 Å². The van der Waals surface area contributed by atoms with Crippen LogP contribution < -0.4 is 0 Å². The highest BCUT2D eigenvalue weighted by molar-refractivity contribution is 5.20. The van der Waals surface area contributed by atoms with Crippen LogP contribution in [0.4, 0.5) is 4.39 Å². The largest absolute Gasteiger partial charge is 0.386 e. The van der Waals surface area contributed by atoms with Crippen molar-refractivity contribution >= 4 is 0 Å². The third kappa shape index (κ3) is 1.17. The predicted octanol–water partition coefficient (Wildman–Crippen LogP) is 0.131. The molecule has 0 aliphatic heterocycles. The fraction of sp³-hybridized carbons (Fsp3) is 0.333. The Hall–Kier alpha value is -0.670. The van der Waals surface area contributed by atoms with Crippen molar-refractivity contribution in [3.63, 3.8) is 0 Å². The molecule has 0 fully saturated rings. The summed E-state index contributed by atoms with van der Waals surface area (Å²) in [6, 6.07) is 0. The lowest BCUT2D eigenvalue weighted by Crippen LogP contribution is -2.25. The first-order valence-electron chi connectivity index (χ1n) is 2.62. The normalized spacial score (nSPS) is 34.3. The monoisotopic (exact) mass is 130 g/mol. The van der Waals surface area contributed by atoms with Gasteiger partial charge in [0, 0.05) is 0 Å². The molecule has 2 N–H and O–H groups in total. The minimum Gasteiger partial charge on any atom is -0.386 e. The van der Waals surface area contributed by atoms with Crippen molar-refractivity contribution in [3.05, 3.63) is 24.1 Å². The Morgan fingerprint density at radius 3 is 2.56 bits per heavy atom. The SMILES string of the molecule is O[C@@H]1C=CC=C(F)[C@H]1O. The lowest BCUT2D eigenvalue weighted by Gasteiger charge is -2.14. The molecule has 1 rings (SSSR count). The molecule has 3 heteroatoms. The summed E-state index contributed by atoms with van der Waals surface area (Å²) in [6.07, 6.45) is 1.36. The zero-order valence-electron chi connectivity index (χ0n) is 4.66. The van der Waals surface area contributed by atoms with Crippen molar-refractivity contribution in [2.45, 2.75) is 12.2 Å². The fourth-order valence-corrected chi connectivity index (χ4v) is 0.628. The first kappa shape index (κ1) is 6.45. The molecule has 0 saturated heterocycles. The summed E-state index contributed by atoms with van der Waals surface area (Å²) in [5, 5.41) is 17.4. The highest BCUT2D eigenvalue weighted by Crippen LogP contribution is 2.13. The van der Waals surface area contributed by atoms with E-state index in [1.807, 2.05) is 0 Å². The van der Waals surface area contributed by atoms with E-state index in [2.05, 4.69) is 0 Å². The molecule has 0 spiro atoms. The molecule has 0 radical (unpaired) electrons. The van der Waals surface area contributed by atoms with Crippen LogP contribution in [0.15, 0.2) is 24.1 Å². The summed E-state index contributed by atoms with van der Waals surface area (Å²) in [5.41, 5.74) is 0. The molecule has 0 amide bonds. The van der Waals surface area contributed by atoms with Crippen LogP contribution in [0.2, 0.25) is 0 Å². The van der Waals surface area contributed by atoms with E-state index in [1.54, 1.807) is 0 Å². The van der Waals surface area contributed by atoms with Gasteiger partial charge in [-0.1, -0.05) is 12.2 Å². The van der Waals surface area contributed by atoms with Gasteiger partial charge in [-0.05, 0) is 6.08 Å². The molecular formula is C6H7FO2. The van der Waals surface area contributed by atoms with Gasteiger partial charge in [0.15, 0.2) is 0 Å². The van der Waals surface area contributed by atoms with Crippen molar-refractivity contribution in [1.29, 1.82) is 0 Å². The molecule has 0 aromatic rings. The van der Waals surface area contributed by atoms with E-state index >= 15 is 0 Å². The van der Waals surface area contributed by atoms with Gasteiger partial charge < -0.3 is 10.2 Å². The van der Waals surface area contributed by atoms with Gasteiger partial charge in [-0.25, -0.2) is 4.39 Å². The number of aliphatic hydroxyl groups excluding tert-OH is 2. The summed E-state index contributed by atoms with van der Waals surface area (Å²) in [4.78, 5) is 0. The second-order valence-corrected chi connectivity index (χ2v) is 1.87. The second kappa shape index (κ2) is 2.29. The molecule has 2 atom stereocenters. The summed E-state index contributed by atoms with van der Waals surface area (Å²) in [5.74, 6) is -0.690. The minimum atomic E-state index is -1.37. The van der Waals surface area contributed by atoms with Crippen LogP contribution >= 0.6 is 0 Å². The van der Waals surface area contributed by atoms with Crippen LogP contribution in [0.25, 0.3) is 0 Å². The van der Waals surface area contributed by atoms with Crippen LogP contribution in [0.5, 0.6) is 0 Å². The van der Waals surface area contributed by atoms with Gasteiger partial charge in [-0.2, -0.15) is 0 Å². The Kier molecular flexibility index (Phi) is 1.64. The maximum absolute atomic E-state index is 12.2. The van der Waals surface area contributed by atoms with Crippen molar-refractivity contribution in [1.82, 2.24) is 0 Å². The summed E-state index contributed by atoms with van der Waals surface area (Å²) in [6.45, 7) is 0. The lowest BCUT2D eigenvalue weighted by molar-refractivity contribution is 0.0567. The highest BCUT2D eigenvalue weighted by Gasteiger charge is 2.19. The van der Waals surface area contributed by atoms with Crippen LogP contribution in [0.1, 0.15) is 0 Å². The van der Waals surface area contributed by atoms with E-state index < -0.39 is 18.0 Å². The first-order valence-corrected chi connectivity index (χ1v) is 2.62. The van der Waals surface area contributed by atoms with Gasteiger partial charge in [0.25, 0.3) is 0 Å². The zero-order chi connectivity index (χ0) is 6.85. The first-order chi connectivity index (χ1) is 4.22. The van der Waals surface area contributed by atoms with Crippen LogP contribution in [0.3, 0.4) is 0 Å². The molecule has 0 aromatic heterocycles. The quantitative estimate of drug-likeness (QED) is 0.489. The van der Waals surface area contributed by atoms with Crippen molar-refractivity contribution in [3.8, 4) is 0 Å². The van der Waals surface area contributed by atoms with Gasteiger partial charge in [-0.3, -0.25) is 0 Å². The third-order valence-electron chi connectivity index (χ3n) is 1.17. The van der Waals surface area contributed by atoms with Crippen LogP contribution in [0, 0.1) is 0 Å². The van der Waals surface area contributed by atoms with Gasteiger partial charge in [0.05, 0.1) is 0 Å². The van der Waals surface area contributed by atoms with E-state index in [4.69, 9.17) is 10.2 Å². The molecule has 0 aromatic carbocycles. The molecule has 0 bridgehead atoms. The van der Waals surface area contributed by atoms with Gasteiger partial charge in [-0.15, -0.1) is 0 Å². The van der Waals surface area contributed by atoms with Gasteiger partial charge in [0.2, 0.25) is 0 Å². The van der Waals surface area contributed by atoms with Gasteiger partial charge in [0.1, 0.15) is 18.0 Å². The van der Waals surface area contributed by atoms with Crippen molar-refractivity contribution < 1.29 is 14.6 Å². The Bertz CT molecular complexity index is 162. The maximum Gasteiger partial charge on any atom is 0.135 e. The lowest BCUT2D eigenvalue weighted by atomic mass is 10.1. The van der Waals surface area contributed by atoms with Crippen molar-refractivity contribution in [2.75, 3.05) is 0 Å². The Morgan fingerprint density at radius 1 is 1.44 bits per heavy atom. The average molecular weight is 130 g/mol. The smallest absolute Gasteiger partial charge is 0.135 e. The van der Waals surface area contributed by atoms with E-state index in [-0.39, 0.29) is 0 Å². The molecule has 50 valence electrons. The number of hydrogen-bond acceptors (Lipinski definition) is 2. The number of allylic oxidation sites excluding steroid dienone is 2. The highest BCUT2D eigenvalue weighted by atomic mass is 19.1. The minimum absolute atomic E-state index is 0.690. The molecule has 9 heavy (non-hydrogen) atoms. The number of rotatable bonds is 0. The van der Waals surface area contributed by atoms with E-state index in [0.717, 1.165) is 6.08 Å². The average Bonchev–Trinajstić information content (AvgIpc) is 1.83. The Labute approximate surface area is 51.9 Å². The summed E-state index contributed by atoms with van der Waals surface area (Å²) >= 11 is 0. The Balaban J connectivity index is 2.73. The second-order valence-electron chi connectivity index (χ2n) is 1.87. The third-order valence-corrected chi connectivity index (χ3v) is 1.17. The molecule has 1 aliphatic rings. The van der Waals surface area contributed by atoms with Gasteiger partial charge >= 0.3 is 0 Å². The fourth-order valence-electron chi connectivity index (χ4n) is 0.628. The maximum atomic E-state index is 12.2. The predicted molar refractivity (Wildman–Crippen MR) is 30.3 cm³/mol. The van der Waals surface area contributed by atoms with Crippen LogP contribution in [-0.2, 0) is 0 Å². The molecular weight excluding hydrogens is 123 g/mol. The Morgan fingerprint density at radius 2 is 2.11 bits per heavy atom. The van der Waals surface area contributed by atoms with E-state index in [0.29, 0.717) is 0 Å². The standard InChI is InChI=1S/C6H7FO2/c7-4-2-1-3-5(8)6(4)9/h1-3,5-6,8-9H/t5-,6-/m1/s1. The van der Waals surface area contributed by atoms with E-state index in [9.17, 15) is 4.39 Å². The topological polar surface area (TPSA) is 40.5 Å². The number of halogens is 1. The molecule has 0 heterocycles. The van der Waals surface area contributed by atoms with Crippen LogP contribution in [-0.4, -0.2) is 22.4 Å². The summed E-state index contributed by atoms with van der Waals surface area (Å²) in [7, 11) is 0. The number of aliphatic hydroxyl groups is 2. The number of hydrogen-bond donors (Lipinski definition) is 2. The molecule has 0 unspecified atom stereocenters. The molecule has 2 nitrogen and oxygen atoms in total. The molecule has 0 saturated carbocycles. The molecule has 1 aliphatic carbocycles. The van der Waals surface area contributed by atoms with Crippen molar-refractivity contribution in [2.24, 2.45) is 0 Å². The summed E-state index contributed by atoms with van der Waals surface area (Å²) < 4.78 is 12.2.